The van der Waals surface area contributed by atoms with E-state index < -0.39 is 0 Å². The lowest BCUT2D eigenvalue weighted by atomic mass is 10.1. The van der Waals surface area contributed by atoms with Gasteiger partial charge in [0, 0.05) is 31.8 Å². The molecule has 1 heterocycles. The highest BCUT2D eigenvalue weighted by Gasteiger charge is 2.17. The highest BCUT2D eigenvalue weighted by molar-refractivity contribution is 5.94. The van der Waals surface area contributed by atoms with Crippen LogP contribution in [0.3, 0.4) is 0 Å². The maximum Gasteiger partial charge on any atom is 0.289 e. The molecule has 5 nitrogen and oxygen atoms in total. The number of carbonyl (C=O) groups is 2. The molecular weight excluding hydrogens is 268 g/mol. The average molecular weight is 286 g/mol. The number of carbonyl (C=O) groups excluding carboxylic acids is 2. The Balaban J connectivity index is 2.06. The van der Waals surface area contributed by atoms with Crippen molar-refractivity contribution in [3.8, 4) is 0 Å². The van der Waals surface area contributed by atoms with Crippen LogP contribution in [0.5, 0.6) is 0 Å². The fourth-order valence-corrected chi connectivity index (χ4v) is 2.02. The molecule has 0 saturated heterocycles. The SMILES string of the molecule is CNC(=O)c1ccc(CN(C)C(=O)c2occc2C)cc1. The topological polar surface area (TPSA) is 62.6 Å². The van der Waals surface area contributed by atoms with Crippen LogP contribution in [0.15, 0.2) is 41.0 Å². The first-order valence-corrected chi connectivity index (χ1v) is 6.63. The third-order valence-corrected chi connectivity index (χ3v) is 3.27. The van der Waals surface area contributed by atoms with Gasteiger partial charge in [0.25, 0.3) is 11.8 Å². The monoisotopic (exact) mass is 286 g/mol. The summed E-state index contributed by atoms with van der Waals surface area (Å²) in [6.45, 7) is 2.29. The van der Waals surface area contributed by atoms with Crippen molar-refractivity contribution >= 4 is 11.8 Å². The van der Waals surface area contributed by atoms with Gasteiger partial charge in [-0.2, -0.15) is 0 Å². The predicted octanol–water partition coefficient (Wildman–Crippen LogP) is 2.22. The van der Waals surface area contributed by atoms with E-state index in [-0.39, 0.29) is 11.8 Å². The van der Waals surface area contributed by atoms with Crippen LogP contribution in [0.1, 0.15) is 32.0 Å². The molecule has 0 spiro atoms. The Morgan fingerprint density at radius 1 is 1.19 bits per heavy atom. The number of nitrogens with one attached hydrogen (secondary N) is 1. The van der Waals surface area contributed by atoms with Gasteiger partial charge in [0.2, 0.25) is 0 Å². The summed E-state index contributed by atoms with van der Waals surface area (Å²) in [6, 6.07) is 8.92. The molecule has 0 saturated carbocycles. The Morgan fingerprint density at radius 3 is 2.38 bits per heavy atom. The first kappa shape index (κ1) is 14.8. The number of hydrogen-bond acceptors (Lipinski definition) is 3. The summed E-state index contributed by atoms with van der Waals surface area (Å²) < 4.78 is 5.21. The number of benzene rings is 1. The van der Waals surface area contributed by atoms with Crippen molar-refractivity contribution < 1.29 is 14.0 Å². The molecule has 5 heteroatoms. The van der Waals surface area contributed by atoms with Gasteiger partial charge in [-0.15, -0.1) is 0 Å². The van der Waals surface area contributed by atoms with E-state index in [9.17, 15) is 9.59 Å². The molecule has 0 atom stereocenters. The van der Waals surface area contributed by atoms with Crippen LogP contribution in [0.25, 0.3) is 0 Å². The van der Waals surface area contributed by atoms with Gasteiger partial charge in [0.1, 0.15) is 0 Å². The van der Waals surface area contributed by atoms with E-state index in [0.717, 1.165) is 11.1 Å². The van der Waals surface area contributed by atoms with Gasteiger partial charge >= 0.3 is 0 Å². The average Bonchev–Trinajstić information content (AvgIpc) is 2.92. The van der Waals surface area contributed by atoms with Crippen molar-refractivity contribution in [2.75, 3.05) is 14.1 Å². The molecule has 0 aliphatic heterocycles. The fourth-order valence-electron chi connectivity index (χ4n) is 2.02. The summed E-state index contributed by atoms with van der Waals surface area (Å²) >= 11 is 0. The molecule has 21 heavy (non-hydrogen) atoms. The first-order valence-electron chi connectivity index (χ1n) is 6.63. The van der Waals surface area contributed by atoms with Crippen LogP contribution < -0.4 is 5.32 Å². The Bertz CT molecular complexity index is 644. The normalized spacial score (nSPS) is 10.2. The van der Waals surface area contributed by atoms with Gasteiger partial charge in [-0.25, -0.2) is 0 Å². The summed E-state index contributed by atoms with van der Waals surface area (Å²) in [7, 11) is 3.31. The van der Waals surface area contributed by atoms with E-state index in [0.29, 0.717) is 17.9 Å². The highest BCUT2D eigenvalue weighted by Crippen LogP contribution is 2.13. The zero-order valence-corrected chi connectivity index (χ0v) is 12.3. The zero-order valence-electron chi connectivity index (χ0n) is 12.3. The number of rotatable bonds is 4. The first-order chi connectivity index (χ1) is 10.0. The molecule has 2 amide bonds. The molecule has 0 aliphatic rings. The van der Waals surface area contributed by atoms with Crippen LogP contribution in [-0.2, 0) is 6.54 Å². The lowest BCUT2D eigenvalue weighted by molar-refractivity contribution is 0.0752. The van der Waals surface area contributed by atoms with Gasteiger partial charge in [-0.1, -0.05) is 12.1 Å². The number of amides is 2. The summed E-state index contributed by atoms with van der Waals surface area (Å²) in [6.07, 6.45) is 1.51. The van der Waals surface area contributed by atoms with Crippen molar-refractivity contribution in [3.05, 3.63) is 59.0 Å². The summed E-state index contributed by atoms with van der Waals surface area (Å²) in [5.41, 5.74) is 2.36. The van der Waals surface area contributed by atoms with Gasteiger partial charge in [-0.05, 0) is 30.7 Å². The second-order valence-electron chi connectivity index (χ2n) is 4.87. The predicted molar refractivity (Wildman–Crippen MR) is 79.1 cm³/mol. The van der Waals surface area contributed by atoms with Crippen LogP contribution >= 0.6 is 0 Å². The quantitative estimate of drug-likeness (QED) is 0.937. The number of furan rings is 1. The Labute approximate surface area is 123 Å². The lowest BCUT2D eigenvalue weighted by Gasteiger charge is -2.16. The van der Waals surface area contributed by atoms with Crippen LogP contribution in [0.2, 0.25) is 0 Å². The standard InChI is InChI=1S/C16H18N2O3/c1-11-8-9-21-14(11)16(20)18(3)10-12-4-6-13(7-5-12)15(19)17-2/h4-9H,10H2,1-3H3,(H,17,19). The molecular formula is C16H18N2O3. The van der Waals surface area contributed by atoms with E-state index in [1.807, 2.05) is 19.1 Å². The minimum atomic E-state index is -0.159. The third-order valence-electron chi connectivity index (χ3n) is 3.27. The van der Waals surface area contributed by atoms with E-state index >= 15 is 0 Å². The second kappa shape index (κ2) is 6.26. The number of hydrogen-bond donors (Lipinski definition) is 1. The van der Waals surface area contributed by atoms with Crippen molar-refractivity contribution in [2.45, 2.75) is 13.5 Å². The molecule has 0 unspecified atom stereocenters. The maximum absolute atomic E-state index is 12.2. The van der Waals surface area contributed by atoms with E-state index in [1.54, 1.807) is 37.2 Å². The van der Waals surface area contributed by atoms with Crippen molar-refractivity contribution in [1.29, 1.82) is 0 Å². The minimum absolute atomic E-state index is 0.128. The van der Waals surface area contributed by atoms with Gasteiger partial charge in [-0.3, -0.25) is 9.59 Å². The maximum atomic E-state index is 12.2. The van der Waals surface area contributed by atoms with E-state index in [1.165, 1.54) is 6.26 Å². The van der Waals surface area contributed by atoms with E-state index in [4.69, 9.17) is 4.42 Å². The third kappa shape index (κ3) is 3.31. The Kier molecular flexibility index (Phi) is 4.42. The molecule has 0 fully saturated rings. The Hall–Kier alpha value is -2.56. The van der Waals surface area contributed by atoms with Gasteiger partial charge in [0.05, 0.1) is 6.26 Å². The molecule has 1 N–H and O–H groups in total. The van der Waals surface area contributed by atoms with Crippen LogP contribution in [0, 0.1) is 6.92 Å². The molecule has 0 bridgehead atoms. The van der Waals surface area contributed by atoms with Crippen molar-refractivity contribution in [3.63, 3.8) is 0 Å². The summed E-state index contributed by atoms with van der Waals surface area (Å²) in [5.74, 6) is 0.0737. The molecule has 0 radical (unpaired) electrons. The second-order valence-corrected chi connectivity index (χ2v) is 4.87. The van der Waals surface area contributed by atoms with Crippen molar-refractivity contribution in [1.82, 2.24) is 10.2 Å². The molecule has 0 aliphatic carbocycles. The van der Waals surface area contributed by atoms with E-state index in [2.05, 4.69) is 5.32 Å². The lowest BCUT2D eigenvalue weighted by Crippen LogP contribution is -2.26. The fraction of sp³-hybridized carbons (Fsp3) is 0.250. The van der Waals surface area contributed by atoms with Crippen LogP contribution in [-0.4, -0.2) is 30.8 Å². The molecule has 110 valence electrons. The van der Waals surface area contributed by atoms with Crippen LogP contribution in [0.4, 0.5) is 0 Å². The summed E-state index contributed by atoms with van der Waals surface area (Å²) in [5, 5.41) is 2.57. The smallest absolute Gasteiger partial charge is 0.289 e. The zero-order chi connectivity index (χ0) is 15.4. The molecule has 1 aromatic carbocycles. The molecule has 1 aromatic heterocycles. The van der Waals surface area contributed by atoms with Gasteiger partial charge < -0.3 is 14.6 Å². The number of aryl methyl sites for hydroxylation is 1. The molecule has 2 aromatic rings. The van der Waals surface area contributed by atoms with Crippen molar-refractivity contribution in [2.24, 2.45) is 0 Å². The minimum Gasteiger partial charge on any atom is -0.459 e. The molecule has 2 rings (SSSR count). The Morgan fingerprint density at radius 2 is 1.86 bits per heavy atom. The largest absolute Gasteiger partial charge is 0.459 e. The summed E-state index contributed by atoms with van der Waals surface area (Å²) in [4.78, 5) is 25.3. The van der Waals surface area contributed by atoms with Gasteiger partial charge in [0.15, 0.2) is 5.76 Å². The number of nitrogens with zero attached hydrogens (tertiary/aromatic N) is 1. The highest BCUT2D eigenvalue weighted by atomic mass is 16.3.